The van der Waals surface area contributed by atoms with Gasteiger partial charge in [-0.15, -0.1) is 10.2 Å². The first-order valence-corrected chi connectivity index (χ1v) is 12.7. The first kappa shape index (κ1) is 24.1. The van der Waals surface area contributed by atoms with Gasteiger partial charge in [-0.2, -0.15) is 0 Å². The van der Waals surface area contributed by atoms with Crippen molar-refractivity contribution in [3.63, 3.8) is 0 Å². The van der Waals surface area contributed by atoms with Crippen molar-refractivity contribution >= 4 is 11.6 Å². The van der Waals surface area contributed by atoms with Crippen LogP contribution in [0.15, 0.2) is 71.4 Å². The molecule has 0 radical (unpaired) electrons. The number of fused-ring (bicyclic) bond motifs is 1. The lowest BCUT2D eigenvalue weighted by molar-refractivity contribution is 0.0924. The maximum Gasteiger partial charge on any atom is 0.251 e. The predicted molar refractivity (Wildman–Crippen MR) is 138 cm³/mol. The molecular formula is C28H27FN6O3. The van der Waals surface area contributed by atoms with Crippen molar-refractivity contribution in [2.75, 3.05) is 25.0 Å². The molecule has 0 saturated carbocycles. The van der Waals surface area contributed by atoms with Crippen molar-refractivity contribution in [2.24, 2.45) is 0 Å². The van der Waals surface area contributed by atoms with Crippen LogP contribution in [0.1, 0.15) is 47.1 Å². The summed E-state index contributed by atoms with van der Waals surface area (Å²) in [5, 5.41) is 18.8. The number of pyridine rings is 1. The summed E-state index contributed by atoms with van der Waals surface area (Å²) < 4.78 is 25.4. The van der Waals surface area contributed by atoms with E-state index < -0.39 is 5.54 Å². The summed E-state index contributed by atoms with van der Waals surface area (Å²) in [5.74, 6) is 0.831. The maximum atomic E-state index is 13.6. The smallest absolute Gasteiger partial charge is 0.251 e. The standard InChI is InChI=1S/C28H27FN6O3/c29-20-4-5-22-23(8-15-37-24(22)17-20)32-25(36)19-2-1-3-21(16-19)33-28(9-13-31-14-10-28)27-35-34-26(38-27)18-6-11-30-12-7-18/h1-7,11-12,16-17,23,31,33H,8-10,13-15H2,(H,32,36)/t23-/m1/s1. The predicted octanol–water partition coefficient (Wildman–Crippen LogP) is 4.22. The van der Waals surface area contributed by atoms with Crippen LogP contribution in [0.3, 0.4) is 0 Å². The molecule has 6 rings (SSSR count). The number of hydrogen-bond donors (Lipinski definition) is 3. The molecule has 1 fully saturated rings. The normalized spacial score (nSPS) is 18.2. The van der Waals surface area contributed by atoms with Crippen LogP contribution in [0.2, 0.25) is 0 Å². The Balaban J connectivity index is 1.23. The lowest BCUT2D eigenvalue weighted by atomic mass is 9.87. The molecule has 9 nitrogen and oxygen atoms in total. The monoisotopic (exact) mass is 514 g/mol. The van der Waals surface area contributed by atoms with E-state index in [1.54, 1.807) is 24.5 Å². The number of anilines is 1. The second kappa shape index (κ2) is 10.2. The SMILES string of the molecule is O=C(N[C@@H]1CCOc2cc(F)ccc21)c1cccc(NC2(c3nnc(-c4ccncc4)o3)CCNCC2)c1. The van der Waals surface area contributed by atoms with E-state index in [9.17, 15) is 9.18 Å². The van der Waals surface area contributed by atoms with Crippen LogP contribution in [-0.2, 0) is 5.54 Å². The van der Waals surface area contributed by atoms with E-state index in [1.807, 2.05) is 30.3 Å². The van der Waals surface area contributed by atoms with Gasteiger partial charge in [0.2, 0.25) is 11.8 Å². The molecule has 2 aliphatic heterocycles. The number of aromatic nitrogens is 3. The van der Waals surface area contributed by atoms with Crippen LogP contribution in [0.4, 0.5) is 10.1 Å². The third kappa shape index (κ3) is 4.82. The summed E-state index contributed by atoms with van der Waals surface area (Å²) in [7, 11) is 0. The van der Waals surface area contributed by atoms with E-state index in [4.69, 9.17) is 9.15 Å². The number of piperidine rings is 1. The van der Waals surface area contributed by atoms with E-state index >= 15 is 0 Å². The molecule has 1 saturated heterocycles. The molecule has 0 unspecified atom stereocenters. The lowest BCUT2D eigenvalue weighted by Gasteiger charge is -2.36. The number of halogens is 1. The molecule has 1 amide bonds. The molecule has 194 valence electrons. The highest BCUT2D eigenvalue weighted by atomic mass is 19.1. The fraction of sp³-hybridized carbons (Fsp3) is 0.286. The van der Waals surface area contributed by atoms with Crippen LogP contribution in [-0.4, -0.2) is 40.8 Å². The summed E-state index contributed by atoms with van der Waals surface area (Å²) in [5.41, 5.74) is 2.28. The topological polar surface area (TPSA) is 114 Å². The summed E-state index contributed by atoms with van der Waals surface area (Å²) in [4.78, 5) is 17.3. The van der Waals surface area contributed by atoms with Gasteiger partial charge in [-0.25, -0.2) is 4.39 Å². The van der Waals surface area contributed by atoms with E-state index in [0.29, 0.717) is 36.1 Å². The third-order valence-corrected chi connectivity index (χ3v) is 7.05. The second-order valence-electron chi connectivity index (χ2n) is 9.53. The Morgan fingerprint density at radius 3 is 2.74 bits per heavy atom. The number of carbonyl (C=O) groups excluding carboxylic acids is 1. The zero-order chi connectivity index (χ0) is 26.0. The van der Waals surface area contributed by atoms with Gasteiger partial charge in [-0.3, -0.25) is 9.78 Å². The average Bonchev–Trinajstić information content (AvgIpc) is 3.46. The highest BCUT2D eigenvalue weighted by molar-refractivity contribution is 5.95. The molecule has 4 aromatic rings. The largest absolute Gasteiger partial charge is 0.493 e. The molecule has 0 spiro atoms. The maximum absolute atomic E-state index is 13.6. The van der Waals surface area contributed by atoms with Gasteiger partial charge in [0, 0.05) is 47.3 Å². The molecule has 10 heteroatoms. The van der Waals surface area contributed by atoms with E-state index in [2.05, 4.69) is 31.1 Å². The van der Waals surface area contributed by atoms with Crippen LogP contribution in [0.25, 0.3) is 11.5 Å². The van der Waals surface area contributed by atoms with Gasteiger partial charge < -0.3 is 25.1 Å². The molecule has 0 aliphatic carbocycles. The van der Waals surface area contributed by atoms with Crippen LogP contribution < -0.4 is 20.7 Å². The van der Waals surface area contributed by atoms with Crippen molar-refractivity contribution in [3.8, 4) is 17.2 Å². The average molecular weight is 515 g/mol. The molecule has 0 bridgehead atoms. The van der Waals surface area contributed by atoms with Gasteiger partial charge in [0.1, 0.15) is 17.1 Å². The van der Waals surface area contributed by atoms with Gasteiger partial charge in [0.25, 0.3) is 5.91 Å². The number of carbonyl (C=O) groups is 1. The molecule has 2 aromatic heterocycles. The molecule has 4 heterocycles. The third-order valence-electron chi connectivity index (χ3n) is 7.05. The number of ether oxygens (including phenoxy) is 1. The zero-order valence-electron chi connectivity index (χ0n) is 20.6. The van der Waals surface area contributed by atoms with Gasteiger partial charge in [-0.1, -0.05) is 12.1 Å². The summed E-state index contributed by atoms with van der Waals surface area (Å²) in [6.45, 7) is 1.97. The second-order valence-corrected chi connectivity index (χ2v) is 9.53. The molecule has 1 atom stereocenters. The van der Waals surface area contributed by atoms with Crippen LogP contribution in [0.5, 0.6) is 5.75 Å². The fourth-order valence-electron chi connectivity index (χ4n) is 5.04. The minimum Gasteiger partial charge on any atom is -0.493 e. The molecule has 38 heavy (non-hydrogen) atoms. The lowest BCUT2D eigenvalue weighted by Crippen LogP contribution is -2.45. The summed E-state index contributed by atoms with van der Waals surface area (Å²) in [6, 6.07) is 15.2. The number of hydrogen-bond acceptors (Lipinski definition) is 8. The number of nitrogens with zero attached hydrogens (tertiary/aromatic N) is 3. The van der Waals surface area contributed by atoms with Crippen LogP contribution >= 0.6 is 0 Å². The Labute approximate surface area is 218 Å². The highest BCUT2D eigenvalue weighted by Gasteiger charge is 2.39. The van der Waals surface area contributed by atoms with Gasteiger partial charge >= 0.3 is 0 Å². The molecular weight excluding hydrogens is 487 g/mol. The van der Waals surface area contributed by atoms with Crippen molar-refractivity contribution in [1.82, 2.24) is 25.8 Å². The van der Waals surface area contributed by atoms with E-state index in [1.165, 1.54) is 12.1 Å². The highest BCUT2D eigenvalue weighted by Crippen LogP contribution is 2.36. The van der Waals surface area contributed by atoms with Crippen molar-refractivity contribution < 1.29 is 18.3 Å². The minimum absolute atomic E-state index is 0.215. The first-order valence-electron chi connectivity index (χ1n) is 12.7. The van der Waals surface area contributed by atoms with Crippen molar-refractivity contribution in [1.29, 1.82) is 0 Å². The molecule has 3 N–H and O–H groups in total. The Morgan fingerprint density at radius 2 is 1.89 bits per heavy atom. The summed E-state index contributed by atoms with van der Waals surface area (Å²) in [6.07, 6.45) is 5.44. The Kier molecular flexibility index (Phi) is 6.47. The summed E-state index contributed by atoms with van der Waals surface area (Å²) >= 11 is 0. The zero-order valence-corrected chi connectivity index (χ0v) is 20.6. The molecule has 2 aliphatic rings. The van der Waals surface area contributed by atoms with Crippen molar-refractivity contribution in [3.05, 3.63) is 89.8 Å². The van der Waals surface area contributed by atoms with E-state index in [0.717, 1.165) is 42.7 Å². The van der Waals surface area contributed by atoms with Gasteiger partial charge in [-0.05, 0) is 62.3 Å². The quantitative estimate of drug-likeness (QED) is 0.351. The number of rotatable bonds is 6. The first-order chi connectivity index (χ1) is 18.6. The fourth-order valence-corrected chi connectivity index (χ4v) is 5.04. The van der Waals surface area contributed by atoms with Crippen LogP contribution in [0, 0.1) is 5.82 Å². The Morgan fingerprint density at radius 1 is 1.05 bits per heavy atom. The van der Waals surface area contributed by atoms with E-state index in [-0.39, 0.29) is 17.8 Å². The Bertz CT molecular complexity index is 1440. The van der Waals surface area contributed by atoms with Gasteiger partial charge in [0.15, 0.2) is 0 Å². The van der Waals surface area contributed by atoms with Gasteiger partial charge in [0.05, 0.1) is 12.6 Å². The van der Waals surface area contributed by atoms with Crippen molar-refractivity contribution in [2.45, 2.75) is 30.8 Å². The number of benzene rings is 2. The number of nitrogens with one attached hydrogen (secondary N) is 3. The molecule has 2 aromatic carbocycles. The number of amides is 1. The Hall–Kier alpha value is -4.31. The minimum atomic E-state index is -0.581.